The highest BCUT2D eigenvalue weighted by Crippen LogP contribution is 2.29. The lowest BCUT2D eigenvalue weighted by molar-refractivity contribution is -0.0512. The molecule has 0 heterocycles. The Morgan fingerprint density at radius 2 is 1.84 bits per heavy atom. The predicted molar refractivity (Wildman–Crippen MR) is 88.2 cm³/mol. The molecule has 0 aliphatic heterocycles. The molecule has 0 aliphatic carbocycles. The lowest BCUT2D eigenvalue weighted by Gasteiger charge is -2.11. The van der Waals surface area contributed by atoms with Crippen molar-refractivity contribution >= 4 is 5.84 Å². The molecule has 0 spiro atoms. The molecule has 2 N–H and O–H groups in total. The molecule has 0 aliphatic rings. The molecule has 0 saturated heterocycles. The Morgan fingerprint density at radius 1 is 1.08 bits per heavy atom. The molecule has 134 valence electrons. The summed E-state index contributed by atoms with van der Waals surface area (Å²) in [7, 11) is 1.34. The molecule has 2 rings (SSSR count). The highest BCUT2D eigenvalue weighted by Gasteiger charge is 2.12. The first-order chi connectivity index (χ1) is 12.1. The van der Waals surface area contributed by atoms with E-state index in [0.29, 0.717) is 12.2 Å². The first kappa shape index (κ1) is 18.3. The number of amidine groups is 1. The molecule has 0 bridgehead atoms. The molecule has 25 heavy (non-hydrogen) atoms. The highest BCUT2D eigenvalue weighted by atomic mass is 19.3. The van der Waals surface area contributed by atoms with Crippen LogP contribution >= 0.6 is 0 Å². The number of para-hydroxylation sites is 1. The number of methoxy groups -OCH3 is 1. The van der Waals surface area contributed by atoms with Crippen LogP contribution in [0.2, 0.25) is 0 Å². The minimum Gasteiger partial charge on any atom is -0.493 e. The van der Waals surface area contributed by atoms with Gasteiger partial charge in [-0.15, -0.1) is 0 Å². The summed E-state index contributed by atoms with van der Waals surface area (Å²) in [6.45, 7) is -2.45. The van der Waals surface area contributed by atoms with Gasteiger partial charge in [-0.25, -0.2) is 0 Å². The summed E-state index contributed by atoms with van der Waals surface area (Å²) in [6.07, 6.45) is 0. The van der Waals surface area contributed by atoms with Crippen molar-refractivity contribution in [3.05, 3.63) is 54.1 Å². The molecule has 0 aromatic heterocycles. The molecule has 8 heteroatoms. The molecule has 0 amide bonds. The molecular formula is C17H18F2N2O4. The second-order valence-electron chi connectivity index (χ2n) is 4.72. The van der Waals surface area contributed by atoms with Crippen molar-refractivity contribution in [1.29, 1.82) is 0 Å². The maximum Gasteiger partial charge on any atom is 0.387 e. The second-order valence-corrected chi connectivity index (χ2v) is 4.72. The van der Waals surface area contributed by atoms with Crippen LogP contribution in [0.3, 0.4) is 0 Å². The molecular weight excluding hydrogens is 334 g/mol. The number of nitrogens with two attached hydrogens (primary N) is 1. The topological polar surface area (TPSA) is 75.3 Å². The monoisotopic (exact) mass is 352 g/mol. The number of hydrogen-bond donors (Lipinski definition) is 1. The fraction of sp³-hybridized carbons (Fsp3) is 0.235. The summed E-state index contributed by atoms with van der Waals surface area (Å²) in [6, 6.07) is 13.5. The predicted octanol–water partition coefficient (Wildman–Crippen LogP) is 3.01. The van der Waals surface area contributed by atoms with Gasteiger partial charge < -0.3 is 24.8 Å². The number of nitrogens with zero attached hydrogens (tertiary/aromatic N) is 1. The smallest absolute Gasteiger partial charge is 0.387 e. The van der Waals surface area contributed by atoms with E-state index >= 15 is 0 Å². The fourth-order valence-corrected chi connectivity index (χ4v) is 1.90. The Kier molecular flexibility index (Phi) is 6.82. The Morgan fingerprint density at radius 3 is 2.52 bits per heavy atom. The van der Waals surface area contributed by atoms with Crippen molar-refractivity contribution in [2.75, 3.05) is 20.3 Å². The van der Waals surface area contributed by atoms with Crippen molar-refractivity contribution in [3.63, 3.8) is 0 Å². The van der Waals surface area contributed by atoms with E-state index in [9.17, 15) is 8.78 Å². The van der Waals surface area contributed by atoms with Gasteiger partial charge in [-0.2, -0.15) is 8.78 Å². The average Bonchev–Trinajstić information content (AvgIpc) is 2.62. The Bertz CT molecular complexity index is 696. The summed E-state index contributed by atoms with van der Waals surface area (Å²) in [5.74, 6) is 0.818. The molecule has 0 radical (unpaired) electrons. The van der Waals surface area contributed by atoms with Gasteiger partial charge in [0.15, 0.2) is 23.9 Å². The standard InChI is InChI=1S/C17H18F2N2O4/c1-22-15-11-12(7-8-14(15)25-17(18)19)16(20)21-24-10-9-23-13-5-3-2-4-6-13/h2-8,11,17H,9-10H2,1H3,(H2,20,21). The van der Waals surface area contributed by atoms with E-state index in [1.807, 2.05) is 30.3 Å². The SMILES string of the molecule is COc1cc(/C(N)=N/OCCOc2ccccc2)ccc1OC(F)F. The maximum atomic E-state index is 12.3. The van der Waals surface area contributed by atoms with Gasteiger partial charge in [-0.05, 0) is 30.3 Å². The van der Waals surface area contributed by atoms with Crippen molar-refractivity contribution < 1.29 is 27.8 Å². The van der Waals surface area contributed by atoms with Crippen LogP contribution in [0.1, 0.15) is 5.56 Å². The number of alkyl halides is 2. The van der Waals surface area contributed by atoms with E-state index in [-0.39, 0.29) is 23.9 Å². The van der Waals surface area contributed by atoms with Crippen LogP contribution in [0.5, 0.6) is 17.2 Å². The van der Waals surface area contributed by atoms with Gasteiger partial charge >= 0.3 is 6.61 Å². The third-order valence-corrected chi connectivity index (χ3v) is 3.02. The summed E-state index contributed by atoms with van der Waals surface area (Å²) in [4.78, 5) is 5.09. The van der Waals surface area contributed by atoms with Gasteiger partial charge in [-0.3, -0.25) is 0 Å². The average molecular weight is 352 g/mol. The zero-order chi connectivity index (χ0) is 18.1. The highest BCUT2D eigenvalue weighted by molar-refractivity contribution is 5.97. The van der Waals surface area contributed by atoms with Crippen LogP contribution in [-0.4, -0.2) is 32.8 Å². The van der Waals surface area contributed by atoms with Crippen molar-refractivity contribution in [3.8, 4) is 17.2 Å². The zero-order valence-corrected chi connectivity index (χ0v) is 13.5. The summed E-state index contributed by atoms with van der Waals surface area (Å²) in [5, 5.41) is 3.76. The van der Waals surface area contributed by atoms with Crippen LogP contribution in [-0.2, 0) is 4.84 Å². The number of rotatable bonds is 9. The number of benzene rings is 2. The van der Waals surface area contributed by atoms with Gasteiger partial charge in [0.25, 0.3) is 0 Å². The van der Waals surface area contributed by atoms with Gasteiger partial charge in [0.1, 0.15) is 12.4 Å². The third-order valence-electron chi connectivity index (χ3n) is 3.02. The van der Waals surface area contributed by atoms with Crippen molar-refractivity contribution in [1.82, 2.24) is 0 Å². The molecule has 2 aromatic rings. The van der Waals surface area contributed by atoms with Gasteiger partial charge in [-0.1, -0.05) is 23.4 Å². The van der Waals surface area contributed by atoms with E-state index in [0.717, 1.165) is 5.75 Å². The van der Waals surface area contributed by atoms with Crippen LogP contribution in [0.15, 0.2) is 53.7 Å². The Balaban J connectivity index is 1.88. The Hall–Kier alpha value is -3.03. The van der Waals surface area contributed by atoms with Crippen LogP contribution in [0.4, 0.5) is 8.78 Å². The molecule has 0 saturated carbocycles. The zero-order valence-electron chi connectivity index (χ0n) is 13.5. The number of ether oxygens (including phenoxy) is 3. The first-order valence-electron chi connectivity index (χ1n) is 7.36. The summed E-state index contributed by atoms with van der Waals surface area (Å²) < 4.78 is 39.4. The summed E-state index contributed by atoms with van der Waals surface area (Å²) >= 11 is 0. The van der Waals surface area contributed by atoms with Gasteiger partial charge in [0.2, 0.25) is 0 Å². The lowest BCUT2D eigenvalue weighted by atomic mass is 10.2. The molecule has 0 unspecified atom stereocenters. The fourth-order valence-electron chi connectivity index (χ4n) is 1.90. The Labute approximate surface area is 143 Å². The number of oxime groups is 1. The summed E-state index contributed by atoms with van der Waals surface area (Å²) in [5.41, 5.74) is 6.25. The molecule has 2 aromatic carbocycles. The number of hydrogen-bond acceptors (Lipinski definition) is 5. The van der Waals surface area contributed by atoms with Crippen molar-refractivity contribution in [2.45, 2.75) is 6.61 Å². The van der Waals surface area contributed by atoms with E-state index in [4.69, 9.17) is 20.0 Å². The van der Waals surface area contributed by atoms with Gasteiger partial charge in [0.05, 0.1) is 7.11 Å². The van der Waals surface area contributed by atoms with Crippen LogP contribution in [0, 0.1) is 0 Å². The minimum atomic E-state index is -2.95. The van der Waals surface area contributed by atoms with Gasteiger partial charge in [0, 0.05) is 5.56 Å². The first-order valence-corrected chi connectivity index (χ1v) is 7.36. The largest absolute Gasteiger partial charge is 0.493 e. The van der Waals surface area contributed by atoms with E-state index < -0.39 is 6.61 Å². The van der Waals surface area contributed by atoms with E-state index in [1.165, 1.54) is 25.3 Å². The number of halogens is 2. The van der Waals surface area contributed by atoms with Crippen molar-refractivity contribution in [2.24, 2.45) is 10.9 Å². The molecule has 0 atom stereocenters. The quantitative estimate of drug-likeness (QED) is 0.325. The molecule has 6 nitrogen and oxygen atoms in total. The third kappa shape index (κ3) is 5.83. The minimum absolute atomic E-state index is 0.0709. The second kappa shape index (κ2) is 9.31. The van der Waals surface area contributed by atoms with E-state index in [2.05, 4.69) is 9.89 Å². The van der Waals surface area contributed by atoms with Crippen LogP contribution in [0.25, 0.3) is 0 Å². The van der Waals surface area contributed by atoms with Crippen LogP contribution < -0.4 is 19.9 Å². The van der Waals surface area contributed by atoms with E-state index in [1.54, 1.807) is 0 Å². The maximum absolute atomic E-state index is 12.3. The molecule has 0 fully saturated rings. The lowest BCUT2D eigenvalue weighted by Crippen LogP contribution is -2.15. The normalized spacial score (nSPS) is 11.3.